The number of halogens is 1. The summed E-state index contributed by atoms with van der Waals surface area (Å²) >= 11 is 0. The van der Waals surface area contributed by atoms with Gasteiger partial charge in [0, 0.05) is 18.5 Å². The van der Waals surface area contributed by atoms with E-state index in [0.717, 1.165) is 12.0 Å². The maximum atomic E-state index is 13.8. The third-order valence-electron chi connectivity index (χ3n) is 4.67. The van der Waals surface area contributed by atoms with E-state index in [1.54, 1.807) is 26.0 Å². The number of ether oxygens (including phenoxy) is 1. The zero-order valence-corrected chi connectivity index (χ0v) is 17.3. The minimum atomic E-state index is -0.297. The first-order chi connectivity index (χ1) is 14.5. The molecule has 0 aliphatic heterocycles. The van der Waals surface area contributed by atoms with Crippen LogP contribution in [0.3, 0.4) is 0 Å². The van der Waals surface area contributed by atoms with Crippen molar-refractivity contribution in [2.24, 2.45) is 0 Å². The Hall–Kier alpha value is -3.06. The Kier molecular flexibility index (Phi) is 7.68. The van der Waals surface area contributed by atoms with Gasteiger partial charge in [-0.2, -0.15) is 4.98 Å². The number of carbonyl (C=O) groups is 1. The van der Waals surface area contributed by atoms with Crippen molar-refractivity contribution in [1.29, 1.82) is 0 Å². The lowest BCUT2D eigenvalue weighted by molar-refractivity contribution is -0.144. The summed E-state index contributed by atoms with van der Waals surface area (Å²) in [6.45, 7) is 5.41. The van der Waals surface area contributed by atoms with Gasteiger partial charge in [-0.05, 0) is 44.0 Å². The van der Waals surface area contributed by atoms with E-state index in [1.807, 2.05) is 35.2 Å². The lowest BCUT2D eigenvalue weighted by Gasteiger charge is -2.21. The van der Waals surface area contributed by atoms with Crippen LogP contribution in [0, 0.1) is 12.7 Å². The molecule has 0 spiro atoms. The van der Waals surface area contributed by atoms with Crippen molar-refractivity contribution in [3.8, 4) is 11.4 Å². The molecule has 1 heterocycles. The van der Waals surface area contributed by atoms with Crippen molar-refractivity contribution in [1.82, 2.24) is 15.0 Å². The maximum absolute atomic E-state index is 13.8. The molecule has 0 aliphatic rings. The number of nitrogens with zero attached hydrogens (tertiary/aromatic N) is 3. The van der Waals surface area contributed by atoms with Gasteiger partial charge in [-0.3, -0.25) is 9.69 Å². The monoisotopic (exact) mass is 411 g/mol. The first-order valence-corrected chi connectivity index (χ1v) is 10.1. The van der Waals surface area contributed by atoms with Crippen LogP contribution in [0.1, 0.15) is 30.4 Å². The Bertz CT molecular complexity index is 959. The minimum absolute atomic E-state index is 0.223. The molecule has 6 nitrogen and oxygen atoms in total. The summed E-state index contributed by atoms with van der Waals surface area (Å²) in [6.07, 6.45) is 1.30. The molecule has 0 fully saturated rings. The Morgan fingerprint density at radius 3 is 2.73 bits per heavy atom. The molecule has 2 aromatic carbocycles. The fourth-order valence-corrected chi connectivity index (χ4v) is 3.10. The fraction of sp³-hybridized carbons (Fsp3) is 0.348. The number of hydrogen-bond acceptors (Lipinski definition) is 6. The first kappa shape index (κ1) is 21.6. The highest BCUT2D eigenvalue weighted by atomic mass is 19.1. The van der Waals surface area contributed by atoms with E-state index in [0.29, 0.717) is 49.0 Å². The number of aryl methyl sites for hydroxylation is 2. The van der Waals surface area contributed by atoms with Crippen LogP contribution in [-0.4, -0.2) is 40.7 Å². The summed E-state index contributed by atoms with van der Waals surface area (Å²) in [4.78, 5) is 18.4. The molecular formula is C23H26FN3O3. The summed E-state index contributed by atoms with van der Waals surface area (Å²) in [6, 6.07) is 14.9. The molecule has 0 atom stereocenters. The molecule has 3 rings (SSSR count). The molecule has 0 N–H and O–H groups in total. The Labute approximate surface area is 175 Å². The van der Waals surface area contributed by atoms with Crippen molar-refractivity contribution < 1.29 is 18.4 Å². The molecule has 0 amide bonds. The highest BCUT2D eigenvalue weighted by Gasteiger charge is 2.14. The van der Waals surface area contributed by atoms with Crippen LogP contribution in [0.2, 0.25) is 0 Å². The average Bonchev–Trinajstić information content (AvgIpc) is 3.20. The lowest BCUT2D eigenvalue weighted by atomic mass is 10.1. The summed E-state index contributed by atoms with van der Waals surface area (Å²) in [7, 11) is 0. The van der Waals surface area contributed by atoms with E-state index in [2.05, 4.69) is 10.1 Å². The molecule has 0 unspecified atom stereocenters. The fourth-order valence-electron chi connectivity index (χ4n) is 3.10. The highest BCUT2D eigenvalue weighted by Crippen LogP contribution is 2.19. The summed E-state index contributed by atoms with van der Waals surface area (Å²) in [5.74, 6) is 0.322. The third-order valence-corrected chi connectivity index (χ3v) is 4.67. The molecule has 1 aromatic heterocycles. The largest absolute Gasteiger partial charge is 0.465 e. The van der Waals surface area contributed by atoms with Gasteiger partial charge in [0.25, 0.3) is 0 Å². The number of carbonyl (C=O) groups excluding carboxylic acids is 1. The van der Waals surface area contributed by atoms with Crippen molar-refractivity contribution in [2.45, 2.75) is 33.2 Å². The van der Waals surface area contributed by atoms with E-state index in [-0.39, 0.29) is 18.3 Å². The van der Waals surface area contributed by atoms with Crippen molar-refractivity contribution in [2.75, 3.05) is 19.7 Å². The van der Waals surface area contributed by atoms with Crippen LogP contribution >= 0.6 is 0 Å². The van der Waals surface area contributed by atoms with Crippen LogP contribution in [-0.2, 0) is 22.5 Å². The Morgan fingerprint density at radius 2 is 2.00 bits per heavy atom. The summed E-state index contributed by atoms with van der Waals surface area (Å²) in [5, 5.41) is 3.95. The minimum Gasteiger partial charge on any atom is -0.465 e. The van der Waals surface area contributed by atoms with Gasteiger partial charge in [-0.25, -0.2) is 4.39 Å². The van der Waals surface area contributed by atoms with Crippen LogP contribution in [0.15, 0.2) is 53.1 Å². The van der Waals surface area contributed by atoms with Gasteiger partial charge >= 0.3 is 5.97 Å². The second kappa shape index (κ2) is 10.6. The molecular weight excluding hydrogens is 385 g/mol. The van der Waals surface area contributed by atoms with Crippen molar-refractivity contribution in [3.05, 3.63) is 71.4 Å². The van der Waals surface area contributed by atoms with Crippen LogP contribution in [0.25, 0.3) is 11.4 Å². The van der Waals surface area contributed by atoms with Gasteiger partial charge < -0.3 is 9.26 Å². The van der Waals surface area contributed by atoms with Crippen molar-refractivity contribution in [3.63, 3.8) is 0 Å². The Balaban J connectivity index is 1.58. The zero-order valence-electron chi connectivity index (χ0n) is 17.3. The van der Waals surface area contributed by atoms with Gasteiger partial charge in [-0.15, -0.1) is 0 Å². The van der Waals surface area contributed by atoms with Crippen LogP contribution < -0.4 is 0 Å². The quantitative estimate of drug-likeness (QED) is 0.466. The number of esters is 1. The summed E-state index contributed by atoms with van der Waals surface area (Å²) in [5.41, 5.74) is 2.28. The maximum Gasteiger partial charge on any atom is 0.320 e. The van der Waals surface area contributed by atoms with Gasteiger partial charge in [-0.1, -0.05) is 47.6 Å². The van der Waals surface area contributed by atoms with Crippen LogP contribution in [0.4, 0.5) is 4.39 Å². The summed E-state index contributed by atoms with van der Waals surface area (Å²) < 4.78 is 24.2. The van der Waals surface area contributed by atoms with Gasteiger partial charge in [0.2, 0.25) is 11.7 Å². The molecule has 0 saturated carbocycles. The van der Waals surface area contributed by atoms with Gasteiger partial charge in [0.15, 0.2) is 0 Å². The predicted octanol–water partition coefficient (Wildman–Crippen LogP) is 4.18. The molecule has 158 valence electrons. The first-order valence-electron chi connectivity index (χ1n) is 10.1. The van der Waals surface area contributed by atoms with E-state index in [9.17, 15) is 9.18 Å². The van der Waals surface area contributed by atoms with Crippen molar-refractivity contribution >= 4 is 5.97 Å². The number of benzene rings is 2. The Morgan fingerprint density at radius 1 is 1.20 bits per heavy atom. The second-order valence-electron chi connectivity index (χ2n) is 7.08. The van der Waals surface area contributed by atoms with E-state index >= 15 is 0 Å². The molecule has 30 heavy (non-hydrogen) atoms. The second-order valence-corrected chi connectivity index (χ2v) is 7.08. The van der Waals surface area contributed by atoms with Crippen LogP contribution in [0.5, 0.6) is 0 Å². The molecule has 0 saturated heterocycles. The lowest BCUT2D eigenvalue weighted by Crippen LogP contribution is -2.31. The normalized spacial score (nSPS) is 11.1. The molecule has 0 bridgehead atoms. The van der Waals surface area contributed by atoms with E-state index in [1.165, 1.54) is 6.07 Å². The molecule has 7 heteroatoms. The molecule has 3 aromatic rings. The SMILES string of the molecule is CCOC(=O)CN(CCCc1nc(-c2ccc(C)c(F)c2)no1)Cc1ccccc1. The number of rotatable bonds is 10. The topological polar surface area (TPSA) is 68.5 Å². The van der Waals surface area contributed by atoms with E-state index < -0.39 is 0 Å². The standard InChI is InChI=1S/C23H26FN3O3/c1-3-29-22(28)16-27(15-18-8-5-4-6-9-18)13-7-10-21-25-23(26-30-21)19-12-11-17(2)20(24)14-19/h4-6,8-9,11-12,14H,3,7,10,13,15-16H2,1-2H3. The third kappa shape index (κ3) is 6.22. The van der Waals surface area contributed by atoms with Gasteiger partial charge in [0.1, 0.15) is 5.82 Å². The average molecular weight is 411 g/mol. The zero-order chi connectivity index (χ0) is 21.3. The number of hydrogen-bond donors (Lipinski definition) is 0. The van der Waals surface area contributed by atoms with Gasteiger partial charge in [0.05, 0.1) is 13.2 Å². The van der Waals surface area contributed by atoms with E-state index in [4.69, 9.17) is 9.26 Å². The molecule has 0 radical (unpaired) electrons. The molecule has 0 aliphatic carbocycles. The number of aromatic nitrogens is 2. The predicted molar refractivity (Wildman–Crippen MR) is 111 cm³/mol. The smallest absolute Gasteiger partial charge is 0.320 e. The highest BCUT2D eigenvalue weighted by molar-refractivity contribution is 5.71.